The van der Waals surface area contributed by atoms with Crippen molar-refractivity contribution in [3.05, 3.63) is 99.2 Å². The van der Waals surface area contributed by atoms with Gasteiger partial charge in [0.15, 0.2) is 0 Å². The molecule has 0 radical (unpaired) electrons. The fourth-order valence-electron chi connectivity index (χ4n) is 3.77. The lowest BCUT2D eigenvalue weighted by molar-refractivity contribution is -0.137. The highest BCUT2D eigenvalue weighted by Gasteiger charge is 2.30. The number of carbonyl (C=O) groups is 1. The lowest BCUT2D eigenvalue weighted by atomic mass is 10.0. The lowest BCUT2D eigenvalue weighted by Crippen LogP contribution is -2.41. The summed E-state index contributed by atoms with van der Waals surface area (Å²) >= 11 is 0. The van der Waals surface area contributed by atoms with Gasteiger partial charge in [-0.05, 0) is 54.4 Å². The first kappa shape index (κ1) is 23.0. The van der Waals surface area contributed by atoms with Crippen LogP contribution in [0, 0.1) is 0 Å². The molecule has 0 aliphatic carbocycles. The van der Waals surface area contributed by atoms with Gasteiger partial charge in [-0.15, -0.1) is 0 Å². The number of nitrogens with zero attached hydrogens (tertiary/aromatic N) is 2. The number of rotatable bonds is 5. The van der Waals surface area contributed by atoms with Crippen molar-refractivity contribution >= 4 is 22.5 Å². The van der Waals surface area contributed by atoms with Gasteiger partial charge in [0.1, 0.15) is 6.54 Å². The van der Waals surface area contributed by atoms with E-state index in [-0.39, 0.29) is 13.1 Å². The van der Waals surface area contributed by atoms with Gasteiger partial charge in [-0.25, -0.2) is 4.79 Å². The highest BCUT2D eigenvalue weighted by Crippen LogP contribution is 2.32. The fraction of sp³-hybridized carbons (Fsp3) is 0.160. The third-order valence-electron chi connectivity index (χ3n) is 5.44. The maximum atomic E-state index is 13.0. The highest BCUT2D eigenvalue weighted by molar-refractivity contribution is 5.92. The Morgan fingerprint density at radius 1 is 0.882 bits per heavy atom. The van der Waals surface area contributed by atoms with Crippen LogP contribution in [0.15, 0.2) is 82.4 Å². The quantitative estimate of drug-likeness (QED) is 0.470. The molecule has 0 atom stereocenters. The van der Waals surface area contributed by atoms with E-state index in [1.165, 1.54) is 10.6 Å². The first-order valence-electron chi connectivity index (χ1n) is 10.5. The van der Waals surface area contributed by atoms with Crippen LogP contribution in [-0.2, 0) is 24.1 Å². The summed E-state index contributed by atoms with van der Waals surface area (Å²) in [5.74, 6) is -0.486. The number of aromatic nitrogens is 2. The number of halogens is 3. The molecular formula is C25H20F3N3O3. The van der Waals surface area contributed by atoms with Crippen molar-refractivity contribution in [2.24, 2.45) is 0 Å². The molecule has 0 bridgehead atoms. The van der Waals surface area contributed by atoms with E-state index in [9.17, 15) is 27.6 Å². The van der Waals surface area contributed by atoms with Crippen LogP contribution in [0.5, 0.6) is 0 Å². The molecule has 6 nitrogen and oxygen atoms in total. The van der Waals surface area contributed by atoms with E-state index >= 15 is 0 Å². The molecule has 3 aromatic carbocycles. The van der Waals surface area contributed by atoms with Gasteiger partial charge in [0.2, 0.25) is 5.91 Å². The minimum atomic E-state index is -4.44. The van der Waals surface area contributed by atoms with E-state index in [4.69, 9.17) is 0 Å². The summed E-state index contributed by atoms with van der Waals surface area (Å²) in [6.07, 6.45) is -4.44. The van der Waals surface area contributed by atoms with Gasteiger partial charge < -0.3 is 5.32 Å². The molecule has 1 heterocycles. The molecule has 1 aromatic heterocycles. The molecule has 0 unspecified atom stereocenters. The Kier molecular flexibility index (Phi) is 6.10. The van der Waals surface area contributed by atoms with E-state index in [0.29, 0.717) is 27.7 Å². The first-order chi connectivity index (χ1) is 16.2. The van der Waals surface area contributed by atoms with E-state index in [0.717, 1.165) is 16.7 Å². The summed E-state index contributed by atoms with van der Waals surface area (Å²) in [6, 6.07) is 17.9. The van der Waals surface area contributed by atoms with Gasteiger partial charge in [-0.1, -0.05) is 36.4 Å². The van der Waals surface area contributed by atoms with Crippen LogP contribution in [0.25, 0.3) is 22.0 Å². The number of hydrogen-bond donors (Lipinski definition) is 1. The number of amides is 1. The zero-order valence-corrected chi connectivity index (χ0v) is 18.1. The molecule has 1 amide bonds. The minimum Gasteiger partial charge on any atom is -0.325 e. The summed E-state index contributed by atoms with van der Waals surface area (Å²) in [4.78, 5) is 38.0. The second-order valence-corrected chi connectivity index (χ2v) is 7.64. The van der Waals surface area contributed by atoms with E-state index in [2.05, 4.69) is 5.32 Å². The van der Waals surface area contributed by atoms with Crippen molar-refractivity contribution < 1.29 is 18.0 Å². The monoisotopic (exact) mass is 467 g/mol. The zero-order chi connectivity index (χ0) is 24.5. The molecule has 0 aliphatic rings. The summed E-state index contributed by atoms with van der Waals surface area (Å²) in [5, 5.41) is 3.02. The van der Waals surface area contributed by atoms with Crippen molar-refractivity contribution in [1.82, 2.24) is 9.13 Å². The number of nitrogens with one attached hydrogen (secondary N) is 1. The normalized spacial score (nSPS) is 11.5. The number of fused-ring (bicyclic) bond motifs is 1. The van der Waals surface area contributed by atoms with Crippen LogP contribution in [0.4, 0.5) is 18.9 Å². The molecular weight excluding hydrogens is 447 g/mol. The third-order valence-corrected chi connectivity index (χ3v) is 5.44. The molecule has 4 rings (SSSR count). The zero-order valence-electron chi connectivity index (χ0n) is 18.1. The summed E-state index contributed by atoms with van der Waals surface area (Å²) in [7, 11) is 0. The topological polar surface area (TPSA) is 73.1 Å². The Labute approximate surface area is 191 Å². The molecule has 1 N–H and O–H groups in total. The Bertz CT molecular complexity index is 1490. The van der Waals surface area contributed by atoms with Gasteiger partial charge >= 0.3 is 11.9 Å². The van der Waals surface area contributed by atoms with Gasteiger partial charge in [0.05, 0.1) is 16.5 Å². The fourth-order valence-corrected chi connectivity index (χ4v) is 3.77. The van der Waals surface area contributed by atoms with Gasteiger partial charge in [0.25, 0.3) is 5.56 Å². The number of anilines is 1. The van der Waals surface area contributed by atoms with E-state index in [1.54, 1.807) is 61.5 Å². The van der Waals surface area contributed by atoms with Crippen LogP contribution in [-0.4, -0.2) is 15.0 Å². The SMILES string of the molecule is CCn1c(=O)c2ccccc2n(CC(=O)Nc2ccc(-c3cccc(C(F)(F)F)c3)cc2)c1=O. The van der Waals surface area contributed by atoms with Crippen LogP contribution in [0.1, 0.15) is 12.5 Å². The van der Waals surface area contributed by atoms with Crippen molar-refractivity contribution in [2.75, 3.05) is 5.32 Å². The van der Waals surface area contributed by atoms with E-state index < -0.39 is 28.9 Å². The summed E-state index contributed by atoms with van der Waals surface area (Å²) < 4.78 is 41.2. The highest BCUT2D eigenvalue weighted by atomic mass is 19.4. The Morgan fingerprint density at radius 3 is 2.26 bits per heavy atom. The molecule has 4 aromatic rings. The molecule has 9 heteroatoms. The maximum absolute atomic E-state index is 13.0. The second-order valence-electron chi connectivity index (χ2n) is 7.64. The molecule has 0 saturated carbocycles. The third kappa shape index (κ3) is 4.50. The standard InChI is InChI=1S/C25H20F3N3O3/c1-2-30-23(33)20-8-3-4-9-21(20)31(24(30)34)15-22(32)29-19-12-10-16(11-13-19)17-6-5-7-18(14-17)25(26,27)28/h3-14H,2,15H2,1H3,(H,29,32). The van der Waals surface area contributed by atoms with Crippen molar-refractivity contribution in [1.29, 1.82) is 0 Å². The number of benzene rings is 3. The van der Waals surface area contributed by atoms with Gasteiger partial charge in [0, 0.05) is 12.2 Å². The maximum Gasteiger partial charge on any atom is 0.416 e. The van der Waals surface area contributed by atoms with E-state index in [1.807, 2.05) is 0 Å². The molecule has 34 heavy (non-hydrogen) atoms. The number of hydrogen-bond acceptors (Lipinski definition) is 3. The molecule has 0 spiro atoms. The number of para-hydroxylation sites is 1. The largest absolute Gasteiger partial charge is 0.416 e. The number of alkyl halides is 3. The second kappa shape index (κ2) is 9.01. The van der Waals surface area contributed by atoms with Crippen LogP contribution < -0.4 is 16.6 Å². The predicted molar refractivity (Wildman–Crippen MR) is 124 cm³/mol. The summed E-state index contributed by atoms with van der Waals surface area (Å²) in [6.45, 7) is 1.53. The summed E-state index contributed by atoms with van der Waals surface area (Å²) in [5.41, 5.74) is -0.00679. The number of carbonyl (C=O) groups excluding carboxylic acids is 1. The average Bonchev–Trinajstić information content (AvgIpc) is 2.82. The van der Waals surface area contributed by atoms with Crippen molar-refractivity contribution in [2.45, 2.75) is 26.2 Å². The predicted octanol–water partition coefficient (Wildman–Crippen LogP) is 4.51. The van der Waals surface area contributed by atoms with Crippen LogP contribution >= 0.6 is 0 Å². The molecule has 174 valence electrons. The van der Waals surface area contributed by atoms with Crippen molar-refractivity contribution in [3.63, 3.8) is 0 Å². The molecule has 0 aliphatic heterocycles. The smallest absolute Gasteiger partial charge is 0.325 e. The van der Waals surface area contributed by atoms with Crippen LogP contribution in [0.2, 0.25) is 0 Å². The van der Waals surface area contributed by atoms with Crippen molar-refractivity contribution in [3.8, 4) is 11.1 Å². The Hall–Kier alpha value is -4.14. The Balaban J connectivity index is 1.57. The molecule has 0 fully saturated rings. The first-order valence-corrected chi connectivity index (χ1v) is 10.5. The van der Waals surface area contributed by atoms with Crippen LogP contribution in [0.3, 0.4) is 0 Å². The lowest BCUT2D eigenvalue weighted by Gasteiger charge is -2.13. The minimum absolute atomic E-state index is 0.168. The van der Waals surface area contributed by atoms with Gasteiger partial charge in [-0.3, -0.25) is 18.7 Å². The average molecular weight is 467 g/mol. The van der Waals surface area contributed by atoms with Gasteiger partial charge in [-0.2, -0.15) is 13.2 Å². The Morgan fingerprint density at radius 2 is 1.59 bits per heavy atom. The molecule has 0 saturated heterocycles.